The molecule has 0 radical (unpaired) electrons. The van der Waals surface area contributed by atoms with E-state index in [1.807, 2.05) is 0 Å². The molecule has 3 heteroatoms. The van der Waals surface area contributed by atoms with Crippen LogP contribution in [0.15, 0.2) is 39.3 Å². The highest BCUT2D eigenvalue weighted by Gasteiger charge is 2.11. The number of hydrogen-bond donors (Lipinski definition) is 1. The maximum atomic E-state index is 4.01. The smallest absolute Gasteiger partial charge is 0.0358 e. The monoisotopic (exact) mass is 359 g/mol. The summed E-state index contributed by atoms with van der Waals surface area (Å²) in [7, 11) is 0. The summed E-state index contributed by atoms with van der Waals surface area (Å²) in [5.74, 6) is 0. The molecule has 1 atom stereocenters. The van der Waals surface area contributed by atoms with Crippen LogP contribution in [0.4, 0.5) is 0 Å². The summed E-state index contributed by atoms with van der Waals surface area (Å²) >= 11 is 7.07. The first-order valence-electron chi connectivity index (χ1n) is 5.86. The molecular weight excluding hydrogens is 342 g/mol. The lowest BCUT2D eigenvalue weighted by molar-refractivity contribution is 0.527. The van der Waals surface area contributed by atoms with Crippen LogP contribution in [-0.4, -0.2) is 6.54 Å². The Morgan fingerprint density at radius 1 is 1.29 bits per heavy atom. The van der Waals surface area contributed by atoms with Gasteiger partial charge in [-0.15, -0.1) is 6.58 Å². The topological polar surface area (TPSA) is 12.0 Å². The van der Waals surface area contributed by atoms with E-state index in [9.17, 15) is 0 Å². The first kappa shape index (κ1) is 14.9. The van der Waals surface area contributed by atoms with Crippen LogP contribution < -0.4 is 5.32 Å². The zero-order valence-electron chi connectivity index (χ0n) is 10.4. The van der Waals surface area contributed by atoms with Crippen molar-refractivity contribution in [3.63, 3.8) is 0 Å². The number of nitrogens with one attached hydrogen (secondary N) is 1. The van der Waals surface area contributed by atoms with Crippen LogP contribution >= 0.6 is 31.9 Å². The molecule has 1 aromatic rings. The second-order valence-electron chi connectivity index (χ2n) is 4.37. The van der Waals surface area contributed by atoms with E-state index >= 15 is 0 Å². The highest BCUT2D eigenvalue weighted by atomic mass is 79.9. The molecule has 0 bridgehead atoms. The van der Waals surface area contributed by atoms with Gasteiger partial charge < -0.3 is 5.32 Å². The number of hydrogen-bond acceptors (Lipinski definition) is 1. The van der Waals surface area contributed by atoms with E-state index in [0.29, 0.717) is 6.04 Å². The van der Waals surface area contributed by atoms with E-state index < -0.39 is 0 Å². The van der Waals surface area contributed by atoms with Crippen LogP contribution in [-0.2, 0) is 0 Å². The Bertz CT molecular complexity index is 368. The maximum Gasteiger partial charge on any atom is 0.0358 e. The molecular formula is C14H19Br2N. The van der Waals surface area contributed by atoms with Crippen molar-refractivity contribution in [3.8, 4) is 0 Å². The van der Waals surface area contributed by atoms with Crippen LogP contribution in [0.2, 0.25) is 0 Å². The van der Waals surface area contributed by atoms with Gasteiger partial charge in [-0.05, 0) is 50.1 Å². The number of halogens is 2. The van der Waals surface area contributed by atoms with Crippen molar-refractivity contribution < 1.29 is 0 Å². The van der Waals surface area contributed by atoms with E-state index in [1.165, 1.54) is 11.1 Å². The molecule has 0 aliphatic carbocycles. The van der Waals surface area contributed by atoms with Crippen LogP contribution in [0, 0.1) is 0 Å². The summed E-state index contributed by atoms with van der Waals surface area (Å²) in [4.78, 5) is 0. The zero-order valence-corrected chi connectivity index (χ0v) is 13.6. The van der Waals surface area contributed by atoms with E-state index in [4.69, 9.17) is 0 Å². The van der Waals surface area contributed by atoms with Crippen LogP contribution in [0.25, 0.3) is 0 Å². The molecule has 0 aromatic heterocycles. The molecule has 0 saturated carbocycles. The molecule has 1 nitrogen and oxygen atoms in total. The molecule has 0 aliphatic heterocycles. The lowest BCUT2D eigenvalue weighted by atomic mass is 10.0. The van der Waals surface area contributed by atoms with E-state index in [0.717, 1.165) is 28.3 Å². The van der Waals surface area contributed by atoms with Gasteiger partial charge >= 0.3 is 0 Å². The largest absolute Gasteiger partial charge is 0.310 e. The Kier molecular flexibility index (Phi) is 6.45. The third kappa shape index (κ3) is 5.36. The second kappa shape index (κ2) is 7.34. The normalized spacial score (nSPS) is 12.5. The standard InChI is InChI=1S/C14H19Br2N/c1-4-5-17-14(6-10(2)3)11-7-12(15)9-13(16)8-11/h7-9,14,17H,2,4-6H2,1,3H3. The van der Waals surface area contributed by atoms with E-state index in [2.05, 4.69) is 75.8 Å². The summed E-state index contributed by atoms with van der Waals surface area (Å²) in [6.45, 7) is 9.30. The zero-order chi connectivity index (χ0) is 12.8. The molecule has 1 aromatic carbocycles. The van der Waals surface area contributed by atoms with Crippen molar-refractivity contribution in [2.24, 2.45) is 0 Å². The Morgan fingerprint density at radius 3 is 2.35 bits per heavy atom. The van der Waals surface area contributed by atoms with Crippen LogP contribution in [0.1, 0.15) is 38.3 Å². The minimum absolute atomic E-state index is 0.348. The quantitative estimate of drug-likeness (QED) is 0.686. The SMILES string of the molecule is C=C(C)CC(NCCC)c1cc(Br)cc(Br)c1. The Balaban J connectivity index is 2.90. The average molecular weight is 361 g/mol. The fraction of sp³-hybridized carbons (Fsp3) is 0.429. The molecule has 0 spiro atoms. The lowest BCUT2D eigenvalue weighted by Crippen LogP contribution is -2.22. The van der Waals surface area contributed by atoms with E-state index in [-0.39, 0.29) is 0 Å². The molecule has 1 rings (SSSR count). The van der Waals surface area contributed by atoms with Gasteiger partial charge in [0.1, 0.15) is 0 Å². The molecule has 0 aliphatic rings. The summed E-state index contributed by atoms with van der Waals surface area (Å²) in [5, 5.41) is 3.57. The Hall–Kier alpha value is -0.120. The Labute approximate surface area is 121 Å². The third-order valence-electron chi connectivity index (χ3n) is 2.48. The van der Waals surface area contributed by atoms with Gasteiger partial charge in [-0.3, -0.25) is 0 Å². The van der Waals surface area contributed by atoms with Crippen LogP contribution in [0.3, 0.4) is 0 Å². The van der Waals surface area contributed by atoms with Crippen molar-refractivity contribution in [2.75, 3.05) is 6.54 Å². The lowest BCUT2D eigenvalue weighted by Gasteiger charge is -2.19. The fourth-order valence-corrected chi connectivity index (χ4v) is 3.08. The highest BCUT2D eigenvalue weighted by Crippen LogP contribution is 2.27. The van der Waals surface area contributed by atoms with Gasteiger partial charge in [0.05, 0.1) is 0 Å². The Morgan fingerprint density at radius 2 is 1.88 bits per heavy atom. The summed E-state index contributed by atoms with van der Waals surface area (Å²) < 4.78 is 2.21. The molecule has 1 N–H and O–H groups in total. The maximum absolute atomic E-state index is 4.01. The second-order valence-corrected chi connectivity index (χ2v) is 6.20. The molecule has 0 saturated heterocycles. The molecule has 0 fully saturated rings. The van der Waals surface area contributed by atoms with Crippen molar-refractivity contribution in [2.45, 2.75) is 32.7 Å². The van der Waals surface area contributed by atoms with Gasteiger partial charge in [-0.1, -0.05) is 44.4 Å². The molecule has 0 heterocycles. The van der Waals surface area contributed by atoms with Gasteiger partial charge in [0.2, 0.25) is 0 Å². The van der Waals surface area contributed by atoms with Gasteiger partial charge in [0.15, 0.2) is 0 Å². The predicted octanol–water partition coefficient (Wildman–Crippen LogP) is 5.22. The number of rotatable bonds is 6. The van der Waals surface area contributed by atoms with Gasteiger partial charge in [-0.2, -0.15) is 0 Å². The van der Waals surface area contributed by atoms with Crippen molar-refractivity contribution >= 4 is 31.9 Å². The van der Waals surface area contributed by atoms with Gasteiger partial charge in [0, 0.05) is 15.0 Å². The van der Waals surface area contributed by atoms with Crippen molar-refractivity contribution in [1.29, 1.82) is 0 Å². The first-order chi connectivity index (χ1) is 8.02. The summed E-state index contributed by atoms with van der Waals surface area (Å²) in [5.41, 5.74) is 2.50. The molecule has 1 unspecified atom stereocenters. The molecule has 94 valence electrons. The van der Waals surface area contributed by atoms with Crippen LogP contribution in [0.5, 0.6) is 0 Å². The van der Waals surface area contributed by atoms with Gasteiger partial charge in [-0.25, -0.2) is 0 Å². The highest BCUT2D eigenvalue weighted by molar-refractivity contribution is 9.11. The van der Waals surface area contributed by atoms with Crippen molar-refractivity contribution in [1.82, 2.24) is 5.32 Å². The predicted molar refractivity (Wildman–Crippen MR) is 82.3 cm³/mol. The molecule has 0 amide bonds. The third-order valence-corrected chi connectivity index (χ3v) is 3.40. The minimum Gasteiger partial charge on any atom is -0.310 e. The average Bonchev–Trinajstić information content (AvgIpc) is 2.22. The van der Waals surface area contributed by atoms with Gasteiger partial charge in [0.25, 0.3) is 0 Å². The summed E-state index contributed by atoms with van der Waals surface area (Å²) in [6, 6.07) is 6.74. The first-order valence-corrected chi connectivity index (χ1v) is 7.45. The minimum atomic E-state index is 0.348. The fourth-order valence-electron chi connectivity index (χ4n) is 1.75. The number of benzene rings is 1. The summed E-state index contributed by atoms with van der Waals surface area (Å²) in [6.07, 6.45) is 2.12. The van der Waals surface area contributed by atoms with E-state index in [1.54, 1.807) is 0 Å². The van der Waals surface area contributed by atoms with Crippen molar-refractivity contribution in [3.05, 3.63) is 44.9 Å². The molecule has 17 heavy (non-hydrogen) atoms.